The zero-order valence-electron chi connectivity index (χ0n) is 9.89. The van der Waals surface area contributed by atoms with Gasteiger partial charge in [-0.2, -0.15) is 0 Å². The highest BCUT2D eigenvalue weighted by Gasteiger charge is 2.43. The molecule has 5 heteroatoms. The summed E-state index contributed by atoms with van der Waals surface area (Å²) in [6, 6.07) is 1.88. The van der Waals surface area contributed by atoms with Gasteiger partial charge in [-0.1, -0.05) is 0 Å². The fourth-order valence-corrected chi connectivity index (χ4v) is 2.24. The van der Waals surface area contributed by atoms with Crippen LogP contribution in [0.25, 0.3) is 0 Å². The highest BCUT2D eigenvalue weighted by Crippen LogP contribution is 2.30. The summed E-state index contributed by atoms with van der Waals surface area (Å²) < 4.78 is 10.2. The molecule has 0 radical (unpaired) electrons. The lowest BCUT2D eigenvalue weighted by molar-refractivity contribution is -0.150. The van der Waals surface area contributed by atoms with Crippen LogP contribution in [0.1, 0.15) is 12.0 Å². The van der Waals surface area contributed by atoms with E-state index in [2.05, 4.69) is 0 Å². The summed E-state index contributed by atoms with van der Waals surface area (Å²) in [6.45, 7) is 2.02. The van der Waals surface area contributed by atoms with E-state index in [1.807, 2.05) is 18.0 Å². The number of nitrogens with zero attached hydrogens (tertiary/aromatic N) is 1. The van der Waals surface area contributed by atoms with Gasteiger partial charge in [-0.05, 0) is 19.5 Å². The Kier molecular flexibility index (Phi) is 3.49. The van der Waals surface area contributed by atoms with E-state index in [4.69, 9.17) is 9.15 Å². The van der Waals surface area contributed by atoms with Crippen LogP contribution in [0.4, 0.5) is 0 Å². The van der Waals surface area contributed by atoms with Gasteiger partial charge >= 0.3 is 5.97 Å². The van der Waals surface area contributed by atoms with E-state index in [0.717, 1.165) is 5.56 Å². The van der Waals surface area contributed by atoms with Crippen LogP contribution < -0.4 is 0 Å². The number of ether oxygens (including phenoxy) is 1. The third-order valence-corrected chi connectivity index (χ3v) is 3.16. The van der Waals surface area contributed by atoms with E-state index in [1.165, 1.54) is 0 Å². The maximum Gasteiger partial charge on any atom is 0.313 e. The predicted molar refractivity (Wildman–Crippen MR) is 60.5 cm³/mol. The fourth-order valence-electron chi connectivity index (χ4n) is 2.24. The summed E-state index contributed by atoms with van der Waals surface area (Å²) in [6.07, 6.45) is 3.88. The van der Waals surface area contributed by atoms with Crippen LogP contribution in [0.3, 0.4) is 0 Å². The second-order valence-electron chi connectivity index (χ2n) is 4.69. The molecule has 2 heterocycles. The van der Waals surface area contributed by atoms with Crippen LogP contribution in [-0.4, -0.2) is 42.8 Å². The topological polar surface area (TPSA) is 62.9 Å². The van der Waals surface area contributed by atoms with Gasteiger partial charge in [0.15, 0.2) is 0 Å². The highest BCUT2D eigenvalue weighted by atomic mass is 16.5. The normalized spacial score (nSPS) is 24.4. The molecular weight excluding hydrogens is 222 g/mol. The molecular formula is C12H17NO4. The number of aliphatic carboxylic acids is 1. The van der Waals surface area contributed by atoms with Crippen molar-refractivity contribution < 1.29 is 19.1 Å². The van der Waals surface area contributed by atoms with Crippen molar-refractivity contribution in [1.29, 1.82) is 0 Å². The van der Waals surface area contributed by atoms with E-state index < -0.39 is 11.4 Å². The molecule has 17 heavy (non-hydrogen) atoms. The molecule has 94 valence electrons. The van der Waals surface area contributed by atoms with Crippen molar-refractivity contribution in [3.05, 3.63) is 24.2 Å². The molecule has 1 unspecified atom stereocenters. The lowest BCUT2D eigenvalue weighted by atomic mass is 9.87. The summed E-state index contributed by atoms with van der Waals surface area (Å²) in [4.78, 5) is 13.3. The Labute approximate surface area is 100.0 Å². The largest absolute Gasteiger partial charge is 0.481 e. The van der Waals surface area contributed by atoms with E-state index >= 15 is 0 Å². The van der Waals surface area contributed by atoms with Crippen molar-refractivity contribution >= 4 is 5.97 Å². The number of furan rings is 1. The molecule has 1 aromatic rings. The number of hydrogen-bond acceptors (Lipinski definition) is 4. The Morgan fingerprint density at radius 1 is 1.65 bits per heavy atom. The van der Waals surface area contributed by atoms with Crippen molar-refractivity contribution in [1.82, 2.24) is 4.90 Å². The minimum atomic E-state index is -0.769. The molecule has 1 aliphatic rings. The predicted octanol–water partition coefficient (Wildman–Crippen LogP) is 1.20. The molecule has 1 atom stereocenters. The van der Waals surface area contributed by atoms with Crippen LogP contribution in [0, 0.1) is 5.41 Å². The van der Waals surface area contributed by atoms with Gasteiger partial charge in [0.1, 0.15) is 5.41 Å². The third kappa shape index (κ3) is 2.68. The lowest BCUT2D eigenvalue weighted by Crippen LogP contribution is -2.42. The van der Waals surface area contributed by atoms with E-state index in [9.17, 15) is 9.90 Å². The smallest absolute Gasteiger partial charge is 0.313 e. The molecule has 0 spiro atoms. The van der Waals surface area contributed by atoms with Gasteiger partial charge in [-0.25, -0.2) is 0 Å². The maximum atomic E-state index is 11.3. The van der Waals surface area contributed by atoms with Crippen LogP contribution >= 0.6 is 0 Å². The number of carboxylic acid groups (broad SMARTS) is 1. The summed E-state index contributed by atoms with van der Waals surface area (Å²) in [7, 11) is 1.91. The molecule has 1 fully saturated rings. The highest BCUT2D eigenvalue weighted by molar-refractivity contribution is 5.75. The van der Waals surface area contributed by atoms with Crippen LogP contribution in [0.5, 0.6) is 0 Å². The molecule has 5 nitrogen and oxygen atoms in total. The lowest BCUT2D eigenvalue weighted by Gasteiger charge is -2.28. The van der Waals surface area contributed by atoms with Gasteiger partial charge in [0.05, 0.1) is 19.1 Å². The summed E-state index contributed by atoms with van der Waals surface area (Å²) >= 11 is 0. The Balaban J connectivity index is 1.96. The van der Waals surface area contributed by atoms with Gasteiger partial charge in [0.25, 0.3) is 0 Å². The standard InChI is InChI=1S/C12H17NO4/c1-13(6-10-2-4-16-7-10)8-12(11(14)15)3-5-17-9-12/h2,4,7H,3,5-6,8-9H2,1H3,(H,14,15). The molecule has 1 N–H and O–H groups in total. The molecule has 0 aromatic carbocycles. The summed E-state index contributed by atoms with van der Waals surface area (Å²) in [5, 5.41) is 9.31. The molecule has 2 rings (SSSR count). The molecule has 0 bridgehead atoms. The van der Waals surface area contributed by atoms with Crippen molar-refractivity contribution in [3.8, 4) is 0 Å². The average Bonchev–Trinajstić information content (AvgIpc) is 2.89. The minimum absolute atomic E-state index is 0.304. The van der Waals surface area contributed by atoms with Crippen LogP contribution in [0.2, 0.25) is 0 Å². The molecule has 1 aromatic heterocycles. The first-order chi connectivity index (χ1) is 8.12. The van der Waals surface area contributed by atoms with Gasteiger partial charge < -0.3 is 19.2 Å². The van der Waals surface area contributed by atoms with Gasteiger partial charge in [-0.15, -0.1) is 0 Å². The van der Waals surface area contributed by atoms with Gasteiger partial charge in [0, 0.05) is 25.3 Å². The van der Waals surface area contributed by atoms with E-state index in [-0.39, 0.29) is 0 Å². The molecule has 1 aliphatic heterocycles. The molecule has 0 aliphatic carbocycles. The Morgan fingerprint density at radius 3 is 3.00 bits per heavy atom. The van der Waals surface area contributed by atoms with Gasteiger partial charge in [-0.3, -0.25) is 4.79 Å². The minimum Gasteiger partial charge on any atom is -0.481 e. The second kappa shape index (κ2) is 4.89. The maximum absolute atomic E-state index is 11.3. The number of carboxylic acids is 1. The first-order valence-corrected chi connectivity index (χ1v) is 5.63. The molecule has 0 amide bonds. The summed E-state index contributed by atoms with van der Waals surface area (Å²) in [5.41, 5.74) is 0.297. The zero-order valence-corrected chi connectivity index (χ0v) is 9.89. The molecule has 1 saturated heterocycles. The van der Waals surface area contributed by atoms with Crippen molar-refractivity contribution in [2.24, 2.45) is 5.41 Å². The monoisotopic (exact) mass is 239 g/mol. The second-order valence-corrected chi connectivity index (χ2v) is 4.69. The third-order valence-electron chi connectivity index (χ3n) is 3.16. The summed E-state index contributed by atoms with van der Waals surface area (Å²) in [5.74, 6) is -0.769. The Bertz CT molecular complexity index is 368. The van der Waals surface area contributed by atoms with Crippen LogP contribution in [0.15, 0.2) is 23.0 Å². The van der Waals surface area contributed by atoms with Gasteiger partial charge in [0.2, 0.25) is 0 Å². The Morgan fingerprint density at radius 2 is 2.47 bits per heavy atom. The van der Waals surface area contributed by atoms with E-state index in [0.29, 0.717) is 32.7 Å². The average molecular weight is 239 g/mol. The first kappa shape index (κ1) is 12.1. The van der Waals surface area contributed by atoms with Crippen molar-refractivity contribution in [3.63, 3.8) is 0 Å². The van der Waals surface area contributed by atoms with E-state index in [1.54, 1.807) is 12.5 Å². The van der Waals surface area contributed by atoms with Crippen molar-refractivity contribution in [2.75, 3.05) is 26.8 Å². The number of hydrogen-bond donors (Lipinski definition) is 1. The number of rotatable bonds is 5. The van der Waals surface area contributed by atoms with Crippen molar-refractivity contribution in [2.45, 2.75) is 13.0 Å². The quantitative estimate of drug-likeness (QED) is 0.836. The van der Waals surface area contributed by atoms with Crippen LogP contribution in [-0.2, 0) is 16.1 Å². The zero-order chi connectivity index (χ0) is 12.3. The fraction of sp³-hybridized carbons (Fsp3) is 0.583. The molecule has 0 saturated carbocycles. The number of carbonyl (C=O) groups is 1. The Hall–Kier alpha value is -1.33. The SMILES string of the molecule is CN(Cc1ccoc1)CC1(C(=O)O)CCOC1. The first-order valence-electron chi connectivity index (χ1n) is 5.63.